The van der Waals surface area contributed by atoms with Crippen LogP contribution in [-0.2, 0) is 14.4 Å². The van der Waals surface area contributed by atoms with Crippen molar-refractivity contribution in [3.8, 4) is 5.75 Å². The number of non-ortho nitro benzene ring substituents is 1. The van der Waals surface area contributed by atoms with Crippen molar-refractivity contribution in [2.24, 2.45) is 5.16 Å². The molecule has 28 heavy (non-hydrogen) atoms. The highest BCUT2D eigenvalue weighted by molar-refractivity contribution is 6.25. The molecule has 2 amide bonds. The van der Waals surface area contributed by atoms with E-state index in [0.717, 1.165) is 4.90 Å². The van der Waals surface area contributed by atoms with E-state index in [2.05, 4.69) is 5.16 Å². The lowest BCUT2D eigenvalue weighted by Crippen LogP contribution is -2.40. The van der Waals surface area contributed by atoms with E-state index in [1.54, 1.807) is 30.3 Å². The fraction of sp³-hybridized carbons (Fsp3) is 0.211. The molecule has 0 unspecified atom stereocenters. The van der Waals surface area contributed by atoms with Crippen LogP contribution in [0.15, 0.2) is 53.7 Å². The van der Waals surface area contributed by atoms with Crippen molar-refractivity contribution in [1.29, 1.82) is 0 Å². The zero-order chi connectivity index (χ0) is 19.9. The summed E-state index contributed by atoms with van der Waals surface area (Å²) >= 11 is 0. The molecule has 1 atom stereocenters. The lowest BCUT2D eigenvalue weighted by molar-refractivity contribution is -0.384. The monoisotopic (exact) mass is 381 g/mol. The molecule has 1 fully saturated rings. The second-order valence-electron chi connectivity index (χ2n) is 6.52. The van der Waals surface area contributed by atoms with Crippen molar-refractivity contribution < 1.29 is 24.1 Å². The number of nitrogens with zero attached hydrogens (tertiary/aromatic N) is 3. The van der Waals surface area contributed by atoms with E-state index in [1.807, 2.05) is 0 Å². The highest BCUT2D eigenvalue weighted by atomic mass is 16.7. The van der Waals surface area contributed by atoms with Gasteiger partial charge < -0.3 is 9.57 Å². The number of amides is 2. The van der Waals surface area contributed by atoms with Crippen LogP contribution in [-0.4, -0.2) is 35.2 Å². The Morgan fingerprint density at radius 2 is 1.93 bits per heavy atom. The van der Waals surface area contributed by atoms with Gasteiger partial charge in [0, 0.05) is 24.1 Å². The minimum absolute atomic E-state index is 0.0609. The average Bonchev–Trinajstić information content (AvgIpc) is 3.23. The van der Waals surface area contributed by atoms with Gasteiger partial charge in [0.1, 0.15) is 5.75 Å². The summed E-state index contributed by atoms with van der Waals surface area (Å²) in [6.45, 7) is 0. The zero-order valence-electron chi connectivity index (χ0n) is 14.8. The van der Waals surface area contributed by atoms with Gasteiger partial charge in [-0.2, -0.15) is 0 Å². The first-order valence-electron chi connectivity index (χ1n) is 8.45. The van der Waals surface area contributed by atoms with Crippen molar-refractivity contribution in [2.75, 3.05) is 12.0 Å². The van der Waals surface area contributed by atoms with Gasteiger partial charge in [-0.25, -0.2) is 4.90 Å². The predicted octanol–water partition coefficient (Wildman–Crippen LogP) is 2.43. The smallest absolute Gasteiger partial charge is 0.281 e. The molecule has 2 aromatic carbocycles. The van der Waals surface area contributed by atoms with E-state index in [9.17, 15) is 19.7 Å². The molecule has 2 aromatic rings. The minimum Gasteiger partial charge on any atom is -0.497 e. The standard InChI is InChI=1S/C19H15N3O6/c1-27-15-7-5-13(6-8-15)21-17(23)11-19(18(21)24)10-16(20-28-19)12-3-2-4-14(9-12)22(25)26/h2-9H,10-11H2,1H3/t19-/m0/s1. The lowest BCUT2D eigenvalue weighted by Gasteiger charge is -2.19. The maximum absolute atomic E-state index is 13.0. The van der Waals surface area contributed by atoms with Gasteiger partial charge in [0.2, 0.25) is 11.5 Å². The molecule has 0 N–H and O–H groups in total. The predicted molar refractivity (Wildman–Crippen MR) is 98.2 cm³/mol. The summed E-state index contributed by atoms with van der Waals surface area (Å²) in [5, 5.41) is 14.9. The topological polar surface area (TPSA) is 111 Å². The van der Waals surface area contributed by atoms with Gasteiger partial charge in [0.15, 0.2) is 0 Å². The van der Waals surface area contributed by atoms with E-state index < -0.39 is 22.3 Å². The Hall–Kier alpha value is -3.75. The van der Waals surface area contributed by atoms with Crippen LogP contribution in [0.2, 0.25) is 0 Å². The molecule has 4 rings (SSSR count). The third kappa shape index (κ3) is 2.77. The van der Waals surface area contributed by atoms with Gasteiger partial charge in [-0.15, -0.1) is 0 Å². The molecule has 1 spiro atoms. The summed E-state index contributed by atoms with van der Waals surface area (Å²) in [7, 11) is 1.52. The first-order valence-corrected chi connectivity index (χ1v) is 8.45. The summed E-state index contributed by atoms with van der Waals surface area (Å²) in [5.74, 6) is -0.302. The van der Waals surface area contributed by atoms with Crippen LogP contribution >= 0.6 is 0 Å². The number of hydrogen-bond donors (Lipinski definition) is 0. The summed E-state index contributed by atoms with van der Waals surface area (Å²) in [5.41, 5.74) is -0.220. The van der Waals surface area contributed by atoms with Crippen LogP contribution in [0.5, 0.6) is 5.75 Å². The molecule has 0 bridgehead atoms. The second kappa shape index (κ2) is 6.45. The molecule has 2 aliphatic heterocycles. The highest BCUT2D eigenvalue weighted by Gasteiger charge is 2.58. The molecule has 9 heteroatoms. The Balaban J connectivity index is 1.59. The molecular formula is C19H15N3O6. The zero-order valence-corrected chi connectivity index (χ0v) is 14.8. The Kier molecular flexibility index (Phi) is 4.07. The van der Waals surface area contributed by atoms with Gasteiger partial charge >= 0.3 is 0 Å². The van der Waals surface area contributed by atoms with Crippen LogP contribution in [0.1, 0.15) is 18.4 Å². The number of benzene rings is 2. The number of carbonyl (C=O) groups excluding carboxylic acids is 2. The maximum Gasteiger partial charge on any atom is 0.281 e. The molecule has 9 nitrogen and oxygen atoms in total. The van der Waals surface area contributed by atoms with Gasteiger partial charge in [-0.05, 0) is 24.3 Å². The number of ether oxygens (including phenoxy) is 1. The summed E-state index contributed by atoms with van der Waals surface area (Å²) in [4.78, 5) is 42.5. The first kappa shape index (κ1) is 17.7. The van der Waals surface area contributed by atoms with Crippen LogP contribution in [0.3, 0.4) is 0 Å². The highest BCUT2D eigenvalue weighted by Crippen LogP contribution is 2.39. The van der Waals surface area contributed by atoms with E-state index >= 15 is 0 Å². The molecule has 0 saturated carbocycles. The quantitative estimate of drug-likeness (QED) is 0.457. The van der Waals surface area contributed by atoms with Crippen molar-refractivity contribution in [1.82, 2.24) is 0 Å². The molecule has 1 saturated heterocycles. The van der Waals surface area contributed by atoms with Crippen molar-refractivity contribution in [3.05, 3.63) is 64.2 Å². The van der Waals surface area contributed by atoms with Gasteiger partial charge in [-0.3, -0.25) is 19.7 Å². The third-order valence-electron chi connectivity index (χ3n) is 4.78. The van der Waals surface area contributed by atoms with Crippen molar-refractivity contribution in [3.63, 3.8) is 0 Å². The summed E-state index contributed by atoms with van der Waals surface area (Å²) in [6.07, 6.45) is -0.0921. The SMILES string of the molecule is COc1ccc(N2C(=O)C[C@@]3(CC(c4cccc([N+](=O)[O-])c4)=NO3)C2=O)cc1. The van der Waals surface area contributed by atoms with Crippen LogP contribution in [0, 0.1) is 10.1 Å². The number of nitro benzene ring substituents is 1. The van der Waals surface area contributed by atoms with Gasteiger partial charge in [-0.1, -0.05) is 17.3 Å². The number of rotatable bonds is 4. The third-order valence-corrected chi connectivity index (χ3v) is 4.78. The average molecular weight is 381 g/mol. The molecule has 2 aliphatic rings. The molecule has 0 aromatic heterocycles. The first-order chi connectivity index (χ1) is 13.4. The lowest BCUT2D eigenvalue weighted by atomic mass is 9.92. The van der Waals surface area contributed by atoms with Crippen molar-refractivity contribution in [2.45, 2.75) is 18.4 Å². The fourth-order valence-electron chi connectivity index (χ4n) is 3.35. The van der Waals surface area contributed by atoms with Crippen LogP contribution in [0.4, 0.5) is 11.4 Å². The van der Waals surface area contributed by atoms with Crippen LogP contribution in [0.25, 0.3) is 0 Å². The van der Waals surface area contributed by atoms with E-state index in [4.69, 9.17) is 9.57 Å². The van der Waals surface area contributed by atoms with E-state index in [1.165, 1.54) is 25.3 Å². The molecule has 142 valence electrons. The summed E-state index contributed by atoms with van der Waals surface area (Å²) in [6, 6.07) is 12.5. The minimum atomic E-state index is -1.42. The normalized spacial score (nSPS) is 21.0. The molecule has 2 heterocycles. The molecule has 0 aliphatic carbocycles. The van der Waals surface area contributed by atoms with Crippen LogP contribution < -0.4 is 9.64 Å². The van der Waals surface area contributed by atoms with Crippen molar-refractivity contribution >= 4 is 28.9 Å². The number of oxime groups is 1. The Morgan fingerprint density at radius 1 is 1.18 bits per heavy atom. The molecular weight excluding hydrogens is 366 g/mol. The molecule has 0 radical (unpaired) electrons. The number of hydrogen-bond acceptors (Lipinski definition) is 7. The van der Waals surface area contributed by atoms with E-state index in [-0.39, 0.29) is 18.5 Å². The number of nitro groups is 1. The van der Waals surface area contributed by atoms with Gasteiger partial charge in [0.05, 0.1) is 29.9 Å². The second-order valence-corrected chi connectivity index (χ2v) is 6.52. The Labute approximate surface area is 159 Å². The Bertz CT molecular complexity index is 1020. The van der Waals surface area contributed by atoms with Gasteiger partial charge in [0.25, 0.3) is 11.6 Å². The largest absolute Gasteiger partial charge is 0.497 e. The maximum atomic E-state index is 13.0. The Morgan fingerprint density at radius 3 is 2.61 bits per heavy atom. The number of methoxy groups -OCH3 is 1. The number of anilines is 1. The fourth-order valence-corrected chi connectivity index (χ4v) is 3.35. The van der Waals surface area contributed by atoms with E-state index in [0.29, 0.717) is 22.7 Å². The number of imide groups is 1. The summed E-state index contributed by atoms with van der Waals surface area (Å²) < 4.78 is 5.09. The number of carbonyl (C=O) groups is 2.